The molecule has 3 rings (SSSR count). The zero-order chi connectivity index (χ0) is 18.1. The first-order chi connectivity index (χ1) is 11.2. The highest BCUT2D eigenvalue weighted by Gasteiger charge is 2.52. The molecule has 7 nitrogen and oxygen atoms in total. The Morgan fingerprint density at radius 1 is 1.21 bits per heavy atom. The fourth-order valence-electron chi connectivity index (χ4n) is 3.71. The van der Waals surface area contributed by atoms with Crippen molar-refractivity contribution in [2.45, 2.75) is 24.9 Å². The van der Waals surface area contributed by atoms with E-state index in [2.05, 4.69) is 30.8 Å². The molecule has 0 amide bonds. The van der Waals surface area contributed by atoms with E-state index in [-0.39, 0.29) is 5.41 Å². The summed E-state index contributed by atoms with van der Waals surface area (Å²) in [6, 6.07) is 5.74. The molecular weight excluding hydrogens is 312 g/mol. The molecule has 3 N–H and O–H groups in total. The highest BCUT2D eigenvalue weighted by molar-refractivity contribution is 5.89. The van der Waals surface area contributed by atoms with E-state index in [0.29, 0.717) is 24.1 Å². The van der Waals surface area contributed by atoms with Gasteiger partial charge < -0.3 is 20.2 Å². The molecule has 1 aromatic carbocycles. The maximum atomic E-state index is 9.65. The van der Waals surface area contributed by atoms with Crippen LogP contribution < -0.4 is 4.90 Å². The van der Waals surface area contributed by atoms with Crippen molar-refractivity contribution in [3.05, 3.63) is 35.9 Å². The average Bonchev–Trinajstić information content (AvgIpc) is 2.92. The maximum absolute atomic E-state index is 9.65. The number of phenols is 1. The van der Waals surface area contributed by atoms with E-state index in [1.165, 1.54) is 11.3 Å². The highest BCUT2D eigenvalue weighted by Crippen LogP contribution is 2.51. The van der Waals surface area contributed by atoms with Gasteiger partial charge in [-0.25, -0.2) is 9.59 Å². The van der Waals surface area contributed by atoms with Crippen molar-refractivity contribution < 1.29 is 24.9 Å². The number of likely N-dealkylation sites (N-methyl/N-ethyl adjacent to an activating group) is 2. The minimum absolute atomic E-state index is 0.164. The Kier molecular flexibility index (Phi) is 4.84. The van der Waals surface area contributed by atoms with Crippen LogP contribution in [0.5, 0.6) is 5.75 Å². The first-order valence-corrected chi connectivity index (χ1v) is 7.57. The van der Waals surface area contributed by atoms with Crippen LogP contribution in [0.1, 0.15) is 18.9 Å². The molecule has 0 saturated carbocycles. The molecule has 0 aromatic heterocycles. The first kappa shape index (κ1) is 17.8. The van der Waals surface area contributed by atoms with E-state index < -0.39 is 11.9 Å². The Hall–Kier alpha value is -2.54. The van der Waals surface area contributed by atoms with Gasteiger partial charge in [0.1, 0.15) is 5.75 Å². The summed E-state index contributed by atoms with van der Waals surface area (Å²) >= 11 is 0. The lowest BCUT2D eigenvalue weighted by molar-refractivity contribution is -0.134. The average molecular weight is 334 g/mol. The molecular formula is C17H22N2O5. The number of aliphatic carboxylic acids is 2. The number of carbonyl (C=O) groups is 2. The van der Waals surface area contributed by atoms with Gasteiger partial charge >= 0.3 is 11.9 Å². The largest absolute Gasteiger partial charge is 0.508 e. The molecule has 0 aliphatic carbocycles. The number of phenolic OH excluding ortho intramolecular Hbond substituents is 1. The van der Waals surface area contributed by atoms with E-state index in [4.69, 9.17) is 10.2 Å². The Bertz CT molecular complexity index is 672. The van der Waals surface area contributed by atoms with Crippen molar-refractivity contribution in [3.63, 3.8) is 0 Å². The molecule has 2 aliphatic rings. The lowest BCUT2D eigenvalue weighted by atomic mass is 9.81. The lowest BCUT2D eigenvalue weighted by Gasteiger charge is -2.32. The molecule has 24 heavy (non-hydrogen) atoms. The van der Waals surface area contributed by atoms with Crippen LogP contribution in [0.3, 0.4) is 0 Å². The highest BCUT2D eigenvalue weighted by atomic mass is 16.4. The topological polar surface area (TPSA) is 101 Å². The summed E-state index contributed by atoms with van der Waals surface area (Å²) in [5, 5.41) is 25.3. The standard InChI is InChI=1S/C13H18N2O.C4H4O4/c1-13-6-7-14(2)12(13)15(3)11-5-4-9(16)8-10(11)13;5-3(6)1-2-4(7)8/h4-5,8,12,16H,6-7H2,1-3H3;1-2H,(H,5,6)(H,7,8)/b;2-1+/t12?,13-;/m0./s1. The summed E-state index contributed by atoms with van der Waals surface area (Å²) in [6.07, 6.45) is 2.71. The molecule has 2 aliphatic heterocycles. The summed E-state index contributed by atoms with van der Waals surface area (Å²) in [5.41, 5.74) is 2.72. The summed E-state index contributed by atoms with van der Waals surface area (Å²) in [5.74, 6) is -2.14. The van der Waals surface area contributed by atoms with Crippen molar-refractivity contribution in [3.8, 4) is 5.75 Å². The number of carboxylic acids is 2. The number of likely N-dealkylation sites (tertiary alicyclic amines) is 1. The Labute approximate surface area is 140 Å². The quantitative estimate of drug-likeness (QED) is 0.704. The maximum Gasteiger partial charge on any atom is 0.328 e. The lowest BCUT2D eigenvalue weighted by Crippen LogP contribution is -2.45. The van der Waals surface area contributed by atoms with Crippen LogP contribution >= 0.6 is 0 Å². The second-order valence-electron chi connectivity index (χ2n) is 6.34. The van der Waals surface area contributed by atoms with Crippen molar-refractivity contribution in [1.82, 2.24) is 4.90 Å². The van der Waals surface area contributed by atoms with Crippen molar-refractivity contribution in [2.75, 3.05) is 25.5 Å². The van der Waals surface area contributed by atoms with Gasteiger partial charge in [0.2, 0.25) is 0 Å². The Balaban J connectivity index is 0.000000224. The normalized spacial score (nSPS) is 25.1. The van der Waals surface area contributed by atoms with Crippen molar-refractivity contribution in [1.29, 1.82) is 0 Å². The molecule has 7 heteroatoms. The number of carboxylic acid groups (broad SMARTS) is 2. The van der Waals surface area contributed by atoms with E-state index in [1.807, 2.05) is 12.1 Å². The van der Waals surface area contributed by atoms with Gasteiger partial charge in [-0.1, -0.05) is 6.92 Å². The van der Waals surface area contributed by atoms with Gasteiger partial charge in [-0.2, -0.15) is 0 Å². The number of hydrogen-bond acceptors (Lipinski definition) is 5. The number of benzene rings is 1. The molecule has 0 spiro atoms. The molecule has 130 valence electrons. The van der Waals surface area contributed by atoms with E-state index >= 15 is 0 Å². The Morgan fingerprint density at radius 2 is 1.79 bits per heavy atom. The van der Waals surface area contributed by atoms with Crippen LogP contribution in [-0.4, -0.2) is 59.0 Å². The summed E-state index contributed by atoms with van der Waals surface area (Å²) in [7, 11) is 4.33. The van der Waals surface area contributed by atoms with Gasteiger partial charge in [-0.15, -0.1) is 0 Å². The van der Waals surface area contributed by atoms with Gasteiger partial charge in [0, 0.05) is 36.8 Å². The van der Waals surface area contributed by atoms with E-state index in [0.717, 1.165) is 13.0 Å². The summed E-state index contributed by atoms with van der Waals surface area (Å²) in [6.45, 7) is 3.43. The monoisotopic (exact) mass is 334 g/mol. The zero-order valence-electron chi connectivity index (χ0n) is 13.9. The SMILES string of the molecule is CN1CC[C@@]2(C)c3cc(O)ccc3N(C)C12.O=C(O)/C=C/C(=O)O. The number of nitrogens with zero attached hydrogens (tertiary/aromatic N) is 2. The third kappa shape index (κ3) is 3.21. The van der Waals surface area contributed by atoms with Crippen LogP contribution in [0.4, 0.5) is 5.69 Å². The molecule has 2 heterocycles. The van der Waals surface area contributed by atoms with Gasteiger partial charge in [0.05, 0.1) is 6.17 Å². The number of rotatable bonds is 2. The number of fused-ring (bicyclic) bond motifs is 3. The van der Waals surface area contributed by atoms with Gasteiger partial charge in [-0.3, -0.25) is 4.90 Å². The summed E-state index contributed by atoms with van der Waals surface area (Å²) < 4.78 is 0. The van der Waals surface area contributed by atoms with E-state index in [9.17, 15) is 14.7 Å². The molecule has 1 saturated heterocycles. The van der Waals surface area contributed by atoms with Crippen molar-refractivity contribution >= 4 is 17.6 Å². The van der Waals surface area contributed by atoms with Gasteiger partial charge in [0.25, 0.3) is 0 Å². The number of anilines is 1. The molecule has 1 aromatic rings. The predicted molar refractivity (Wildman–Crippen MR) is 89.3 cm³/mol. The minimum Gasteiger partial charge on any atom is -0.508 e. The third-order valence-electron chi connectivity index (χ3n) is 4.68. The summed E-state index contributed by atoms with van der Waals surface area (Å²) in [4.78, 5) is 23.8. The fraction of sp³-hybridized carbons (Fsp3) is 0.412. The van der Waals surface area contributed by atoms with Crippen LogP contribution in [0, 0.1) is 0 Å². The number of hydrogen-bond donors (Lipinski definition) is 3. The fourth-order valence-corrected chi connectivity index (χ4v) is 3.71. The predicted octanol–water partition coefficient (Wildman–Crippen LogP) is 1.47. The van der Waals surface area contributed by atoms with Crippen LogP contribution in [0.25, 0.3) is 0 Å². The van der Waals surface area contributed by atoms with Crippen molar-refractivity contribution in [2.24, 2.45) is 0 Å². The van der Waals surface area contributed by atoms with E-state index in [1.54, 1.807) is 6.07 Å². The molecule has 2 atom stereocenters. The number of aromatic hydroxyl groups is 1. The molecule has 1 fully saturated rings. The van der Waals surface area contributed by atoms with Crippen LogP contribution in [0.15, 0.2) is 30.4 Å². The van der Waals surface area contributed by atoms with Crippen LogP contribution in [-0.2, 0) is 15.0 Å². The zero-order valence-corrected chi connectivity index (χ0v) is 13.9. The molecule has 0 bridgehead atoms. The minimum atomic E-state index is -1.26. The van der Waals surface area contributed by atoms with Gasteiger partial charge in [-0.05, 0) is 37.2 Å². The van der Waals surface area contributed by atoms with Gasteiger partial charge in [0.15, 0.2) is 0 Å². The third-order valence-corrected chi connectivity index (χ3v) is 4.68. The van der Waals surface area contributed by atoms with Crippen LogP contribution in [0.2, 0.25) is 0 Å². The molecule has 1 unspecified atom stereocenters. The molecule has 0 radical (unpaired) electrons. The smallest absolute Gasteiger partial charge is 0.328 e. The second-order valence-corrected chi connectivity index (χ2v) is 6.34. The Morgan fingerprint density at radius 3 is 2.33 bits per heavy atom. The second kappa shape index (κ2) is 6.52. The first-order valence-electron chi connectivity index (χ1n) is 7.57.